The molecule has 1 amide bonds. The lowest BCUT2D eigenvalue weighted by molar-refractivity contribution is -0.115. The summed E-state index contributed by atoms with van der Waals surface area (Å²) in [5.41, 5.74) is 1.57. The summed E-state index contributed by atoms with van der Waals surface area (Å²) < 4.78 is 24.7. The fraction of sp³-hybridized carbons (Fsp3) is 0.231. The summed E-state index contributed by atoms with van der Waals surface area (Å²) in [4.78, 5) is 11.7. The van der Waals surface area contributed by atoms with Crippen LogP contribution in [0.3, 0.4) is 0 Å². The van der Waals surface area contributed by atoms with Crippen LogP contribution < -0.4 is 10.0 Å². The summed E-state index contributed by atoms with van der Waals surface area (Å²) in [6, 6.07) is 8.77. The minimum atomic E-state index is -3.40. The minimum Gasteiger partial charge on any atom is -0.308 e. The van der Waals surface area contributed by atoms with E-state index in [2.05, 4.69) is 20.2 Å². The van der Waals surface area contributed by atoms with Crippen molar-refractivity contribution in [3.05, 3.63) is 35.4 Å². The first kappa shape index (κ1) is 16.5. The summed E-state index contributed by atoms with van der Waals surface area (Å²) in [5.74, 6) is -0.263. The normalized spacial score (nSPS) is 11.4. The molecule has 3 N–H and O–H groups in total. The molecule has 0 aliphatic heterocycles. The van der Waals surface area contributed by atoms with E-state index in [9.17, 15) is 13.2 Å². The van der Waals surface area contributed by atoms with Crippen LogP contribution in [0.5, 0.6) is 0 Å². The smallest absolute Gasteiger partial charge is 0.240 e. The molecular formula is C13H15ClN4O3S. The number of anilines is 1. The average molecular weight is 343 g/mol. The molecular weight excluding hydrogens is 328 g/mol. The van der Waals surface area contributed by atoms with Crippen molar-refractivity contribution in [3.8, 4) is 11.3 Å². The molecule has 0 atom stereocenters. The first-order chi connectivity index (χ1) is 10.4. The molecule has 0 bridgehead atoms. The van der Waals surface area contributed by atoms with E-state index in [1.165, 1.54) is 6.92 Å². The first-order valence-electron chi connectivity index (χ1n) is 6.48. The molecule has 0 aliphatic carbocycles. The Hall–Kier alpha value is -1.90. The molecule has 1 aromatic carbocycles. The van der Waals surface area contributed by atoms with Crippen LogP contribution in [0.4, 0.5) is 5.82 Å². The number of aromatic amines is 1. The Bertz CT molecular complexity index is 756. The quantitative estimate of drug-likeness (QED) is 0.741. The van der Waals surface area contributed by atoms with E-state index >= 15 is 0 Å². The highest BCUT2D eigenvalue weighted by Crippen LogP contribution is 2.21. The highest BCUT2D eigenvalue weighted by Gasteiger charge is 2.11. The fourth-order valence-corrected chi connectivity index (χ4v) is 2.31. The molecule has 0 aliphatic rings. The number of carbonyl (C=O) groups excluding carboxylic acids is 1. The molecule has 0 saturated carbocycles. The van der Waals surface area contributed by atoms with Gasteiger partial charge in [-0.2, -0.15) is 5.10 Å². The van der Waals surface area contributed by atoms with Crippen LogP contribution in [0, 0.1) is 0 Å². The van der Waals surface area contributed by atoms with E-state index in [0.29, 0.717) is 16.5 Å². The maximum atomic E-state index is 11.7. The van der Waals surface area contributed by atoms with Crippen LogP contribution in [0.15, 0.2) is 30.3 Å². The van der Waals surface area contributed by atoms with Crippen molar-refractivity contribution in [2.45, 2.75) is 6.92 Å². The maximum absolute atomic E-state index is 11.7. The summed E-state index contributed by atoms with van der Waals surface area (Å²) in [7, 11) is -3.40. The van der Waals surface area contributed by atoms with Gasteiger partial charge in [0.05, 0.1) is 18.0 Å². The molecule has 2 rings (SSSR count). The zero-order valence-corrected chi connectivity index (χ0v) is 13.3. The predicted molar refractivity (Wildman–Crippen MR) is 85.1 cm³/mol. The standard InChI is InChI=1S/C13H15ClN4O3S/c1-2-22(20,21)15-8-13(19)16-12-7-11(17-18-12)9-3-5-10(14)6-4-9/h3-7,15H,2,8H2,1H3,(H2,16,17,18,19). The van der Waals surface area contributed by atoms with Gasteiger partial charge in [0, 0.05) is 11.1 Å². The fourth-order valence-electron chi connectivity index (χ4n) is 1.63. The zero-order chi connectivity index (χ0) is 16.2. The van der Waals surface area contributed by atoms with Gasteiger partial charge in [-0.25, -0.2) is 13.1 Å². The Morgan fingerprint density at radius 3 is 2.64 bits per heavy atom. The van der Waals surface area contributed by atoms with Crippen molar-refractivity contribution < 1.29 is 13.2 Å². The molecule has 1 heterocycles. The number of benzene rings is 1. The molecule has 118 valence electrons. The first-order valence-corrected chi connectivity index (χ1v) is 8.51. The van der Waals surface area contributed by atoms with Crippen molar-refractivity contribution in [1.29, 1.82) is 0 Å². The molecule has 1 aromatic heterocycles. The number of sulfonamides is 1. The zero-order valence-electron chi connectivity index (χ0n) is 11.8. The van der Waals surface area contributed by atoms with Crippen LogP contribution in [0.25, 0.3) is 11.3 Å². The Labute approximate surface area is 133 Å². The number of nitrogens with zero attached hydrogens (tertiary/aromatic N) is 1. The van der Waals surface area contributed by atoms with Crippen LogP contribution in [-0.4, -0.2) is 36.8 Å². The lowest BCUT2D eigenvalue weighted by atomic mass is 10.1. The third kappa shape index (κ3) is 4.55. The Kier molecular flexibility index (Phi) is 5.17. The van der Waals surface area contributed by atoms with Gasteiger partial charge in [-0.15, -0.1) is 0 Å². The summed E-state index contributed by atoms with van der Waals surface area (Å²) in [6.45, 7) is 1.16. The largest absolute Gasteiger partial charge is 0.308 e. The van der Waals surface area contributed by atoms with Gasteiger partial charge in [-0.1, -0.05) is 23.7 Å². The minimum absolute atomic E-state index is 0.0800. The van der Waals surface area contributed by atoms with E-state index in [1.54, 1.807) is 18.2 Å². The van der Waals surface area contributed by atoms with Crippen LogP contribution >= 0.6 is 11.6 Å². The van der Waals surface area contributed by atoms with Gasteiger partial charge in [0.1, 0.15) is 0 Å². The SMILES string of the molecule is CCS(=O)(=O)NCC(=O)Nc1cc(-c2ccc(Cl)cc2)[nH]n1. The number of rotatable bonds is 6. The summed E-state index contributed by atoms with van der Waals surface area (Å²) >= 11 is 5.82. The van der Waals surface area contributed by atoms with E-state index in [1.807, 2.05) is 12.1 Å². The van der Waals surface area contributed by atoms with Crippen molar-refractivity contribution in [3.63, 3.8) is 0 Å². The number of hydrogen-bond acceptors (Lipinski definition) is 4. The average Bonchev–Trinajstić information content (AvgIpc) is 2.94. The molecule has 0 saturated heterocycles. The number of hydrogen-bond donors (Lipinski definition) is 3. The second kappa shape index (κ2) is 6.91. The third-order valence-corrected chi connectivity index (χ3v) is 4.43. The van der Waals surface area contributed by atoms with Crippen LogP contribution in [0.1, 0.15) is 6.92 Å². The number of halogens is 1. The molecule has 2 aromatic rings. The van der Waals surface area contributed by atoms with Crippen molar-refractivity contribution in [2.75, 3.05) is 17.6 Å². The number of aromatic nitrogens is 2. The van der Waals surface area contributed by atoms with E-state index in [4.69, 9.17) is 11.6 Å². The lowest BCUT2D eigenvalue weighted by Crippen LogP contribution is -2.33. The van der Waals surface area contributed by atoms with Crippen molar-refractivity contribution in [2.24, 2.45) is 0 Å². The Morgan fingerprint density at radius 2 is 2.00 bits per heavy atom. The third-order valence-electron chi connectivity index (χ3n) is 2.83. The maximum Gasteiger partial charge on any atom is 0.240 e. The number of amides is 1. The highest BCUT2D eigenvalue weighted by atomic mass is 35.5. The van der Waals surface area contributed by atoms with Gasteiger partial charge in [0.25, 0.3) is 0 Å². The number of nitrogens with one attached hydrogen (secondary N) is 3. The Balaban J connectivity index is 1.97. The van der Waals surface area contributed by atoms with E-state index < -0.39 is 15.9 Å². The molecule has 0 spiro atoms. The Morgan fingerprint density at radius 1 is 1.32 bits per heavy atom. The van der Waals surface area contributed by atoms with Gasteiger partial charge >= 0.3 is 0 Å². The molecule has 0 unspecified atom stereocenters. The second-order valence-corrected chi connectivity index (χ2v) is 6.98. The molecule has 0 radical (unpaired) electrons. The molecule has 9 heteroatoms. The summed E-state index contributed by atoms with van der Waals surface area (Å²) in [6.07, 6.45) is 0. The van der Waals surface area contributed by atoms with Crippen LogP contribution in [-0.2, 0) is 14.8 Å². The van der Waals surface area contributed by atoms with Gasteiger partial charge in [0.2, 0.25) is 15.9 Å². The van der Waals surface area contributed by atoms with Crippen LogP contribution in [0.2, 0.25) is 5.02 Å². The van der Waals surface area contributed by atoms with Crippen molar-refractivity contribution in [1.82, 2.24) is 14.9 Å². The molecule has 22 heavy (non-hydrogen) atoms. The predicted octanol–water partition coefficient (Wildman–Crippen LogP) is 1.61. The highest BCUT2D eigenvalue weighted by molar-refractivity contribution is 7.89. The van der Waals surface area contributed by atoms with Gasteiger partial charge in [-0.3, -0.25) is 9.89 Å². The van der Waals surface area contributed by atoms with Gasteiger partial charge < -0.3 is 5.32 Å². The number of carbonyl (C=O) groups is 1. The van der Waals surface area contributed by atoms with E-state index in [0.717, 1.165) is 5.56 Å². The summed E-state index contributed by atoms with van der Waals surface area (Å²) in [5, 5.41) is 9.87. The lowest BCUT2D eigenvalue weighted by Gasteiger charge is -2.03. The van der Waals surface area contributed by atoms with Gasteiger partial charge in [-0.05, 0) is 24.6 Å². The monoisotopic (exact) mass is 342 g/mol. The topological polar surface area (TPSA) is 104 Å². The van der Waals surface area contributed by atoms with Gasteiger partial charge in [0.15, 0.2) is 5.82 Å². The number of H-pyrrole nitrogens is 1. The van der Waals surface area contributed by atoms with E-state index in [-0.39, 0.29) is 12.3 Å². The second-order valence-electron chi connectivity index (χ2n) is 4.45. The molecule has 7 nitrogen and oxygen atoms in total. The van der Waals surface area contributed by atoms with Crippen molar-refractivity contribution >= 4 is 33.3 Å². The molecule has 0 fully saturated rings.